The van der Waals surface area contributed by atoms with Crippen LogP contribution in [0.4, 0.5) is 0 Å². The van der Waals surface area contributed by atoms with E-state index in [0.717, 1.165) is 0 Å². The number of methoxy groups -OCH3 is 2. The first kappa shape index (κ1) is 16.3. The van der Waals surface area contributed by atoms with E-state index in [1.807, 2.05) is 0 Å². The average molecular weight is 340 g/mol. The molecule has 0 atom stereocenters. The zero-order valence-corrected chi connectivity index (χ0v) is 13.6. The Kier molecular flexibility index (Phi) is 5.05. The Hall–Kier alpha value is -2.05. The fourth-order valence-corrected chi connectivity index (χ4v) is 2.98. The van der Waals surface area contributed by atoms with Gasteiger partial charge in [0.25, 0.3) is 10.0 Å². The van der Waals surface area contributed by atoms with Crippen LogP contribution in [-0.2, 0) is 10.0 Å². The van der Waals surface area contributed by atoms with Crippen LogP contribution in [0.3, 0.4) is 0 Å². The Morgan fingerprint density at radius 3 is 2.36 bits per heavy atom. The molecule has 0 aliphatic carbocycles. The van der Waals surface area contributed by atoms with E-state index in [9.17, 15) is 8.42 Å². The SMILES string of the molecule is COc1cc(/C=N\S(=O)(=O)c2ccccc2)cc(Cl)c1OC. The van der Waals surface area contributed by atoms with Gasteiger partial charge in [-0.2, -0.15) is 12.8 Å². The molecule has 0 amide bonds. The molecule has 0 heterocycles. The molecular formula is C15H14ClNO4S. The minimum Gasteiger partial charge on any atom is -0.493 e. The number of hydrogen-bond donors (Lipinski definition) is 0. The lowest BCUT2D eigenvalue weighted by Crippen LogP contribution is -1.98. The molecular weight excluding hydrogens is 326 g/mol. The number of ether oxygens (including phenoxy) is 2. The molecule has 0 saturated carbocycles. The Morgan fingerprint density at radius 1 is 1.09 bits per heavy atom. The standard InChI is InChI=1S/C15H14ClNO4S/c1-20-14-9-11(8-13(16)15(14)21-2)10-17-22(18,19)12-6-4-3-5-7-12/h3-10H,1-2H3/b17-10-. The summed E-state index contributed by atoms with van der Waals surface area (Å²) in [5, 5.41) is 0.306. The van der Waals surface area contributed by atoms with Crippen molar-refractivity contribution in [3.05, 3.63) is 53.1 Å². The van der Waals surface area contributed by atoms with Gasteiger partial charge in [0.2, 0.25) is 0 Å². The first-order chi connectivity index (χ1) is 10.5. The van der Waals surface area contributed by atoms with Crippen LogP contribution in [0.15, 0.2) is 51.8 Å². The van der Waals surface area contributed by atoms with Gasteiger partial charge in [-0.15, -0.1) is 0 Å². The highest BCUT2D eigenvalue weighted by atomic mass is 35.5. The molecule has 116 valence electrons. The summed E-state index contributed by atoms with van der Waals surface area (Å²) in [6.45, 7) is 0. The van der Waals surface area contributed by atoms with Crippen molar-refractivity contribution in [1.29, 1.82) is 0 Å². The molecule has 5 nitrogen and oxygen atoms in total. The molecule has 0 fully saturated rings. The molecule has 0 unspecified atom stereocenters. The smallest absolute Gasteiger partial charge is 0.282 e. The highest BCUT2D eigenvalue weighted by Crippen LogP contribution is 2.35. The van der Waals surface area contributed by atoms with Crippen molar-refractivity contribution < 1.29 is 17.9 Å². The van der Waals surface area contributed by atoms with Crippen molar-refractivity contribution >= 4 is 27.8 Å². The van der Waals surface area contributed by atoms with Crippen molar-refractivity contribution in [3.63, 3.8) is 0 Å². The normalized spacial score (nSPS) is 11.6. The number of nitrogens with zero attached hydrogens (tertiary/aromatic N) is 1. The van der Waals surface area contributed by atoms with Crippen LogP contribution in [0.1, 0.15) is 5.56 Å². The molecule has 2 aromatic carbocycles. The van der Waals surface area contributed by atoms with E-state index in [0.29, 0.717) is 22.1 Å². The van der Waals surface area contributed by atoms with Gasteiger partial charge in [-0.1, -0.05) is 29.8 Å². The van der Waals surface area contributed by atoms with Gasteiger partial charge in [0, 0.05) is 6.21 Å². The van der Waals surface area contributed by atoms with Gasteiger partial charge in [0.15, 0.2) is 11.5 Å². The predicted molar refractivity (Wildman–Crippen MR) is 85.8 cm³/mol. The molecule has 0 aliphatic heterocycles. The molecule has 0 saturated heterocycles. The second-order valence-electron chi connectivity index (χ2n) is 4.26. The van der Waals surface area contributed by atoms with E-state index in [-0.39, 0.29) is 4.90 Å². The average Bonchev–Trinajstić information content (AvgIpc) is 2.53. The van der Waals surface area contributed by atoms with E-state index < -0.39 is 10.0 Å². The zero-order valence-electron chi connectivity index (χ0n) is 12.0. The fraction of sp³-hybridized carbons (Fsp3) is 0.133. The van der Waals surface area contributed by atoms with Crippen LogP contribution >= 0.6 is 11.6 Å². The van der Waals surface area contributed by atoms with Crippen LogP contribution in [-0.4, -0.2) is 28.9 Å². The second-order valence-corrected chi connectivity index (χ2v) is 6.30. The Morgan fingerprint density at radius 2 is 1.77 bits per heavy atom. The van der Waals surface area contributed by atoms with Gasteiger partial charge in [0.05, 0.1) is 24.1 Å². The zero-order chi connectivity index (χ0) is 16.2. The monoisotopic (exact) mass is 339 g/mol. The summed E-state index contributed by atoms with van der Waals surface area (Å²) in [7, 11) is -0.815. The van der Waals surface area contributed by atoms with Crippen LogP contribution in [0.25, 0.3) is 0 Å². The first-order valence-electron chi connectivity index (χ1n) is 6.25. The summed E-state index contributed by atoms with van der Waals surface area (Å²) < 4.78 is 38.1. The van der Waals surface area contributed by atoms with Crippen LogP contribution in [0.5, 0.6) is 11.5 Å². The Bertz CT molecular complexity index is 789. The quantitative estimate of drug-likeness (QED) is 0.785. The van der Waals surface area contributed by atoms with E-state index in [4.69, 9.17) is 21.1 Å². The molecule has 0 aliphatic rings. The van der Waals surface area contributed by atoms with Crippen LogP contribution < -0.4 is 9.47 Å². The molecule has 0 spiro atoms. The first-order valence-corrected chi connectivity index (χ1v) is 8.06. The van der Waals surface area contributed by atoms with Gasteiger partial charge < -0.3 is 9.47 Å². The number of halogens is 1. The summed E-state index contributed by atoms with van der Waals surface area (Å²) in [6, 6.07) is 11.1. The molecule has 0 N–H and O–H groups in total. The summed E-state index contributed by atoms with van der Waals surface area (Å²) >= 11 is 6.06. The molecule has 0 aromatic heterocycles. The summed E-state index contributed by atoms with van der Waals surface area (Å²) in [5.41, 5.74) is 0.488. The van der Waals surface area contributed by atoms with Gasteiger partial charge in [0.1, 0.15) is 0 Å². The third-order valence-electron chi connectivity index (χ3n) is 2.84. The fourth-order valence-electron chi connectivity index (χ4n) is 1.80. The van der Waals surface area contributed by atoms with E-state index in [1.54, 1.807) is 30.3 Å². The number of benzene rings is 2. The summed E-state index contributed by atoms with van der Waals surface area (Å²) in [5.74, 6) is 0.779. The number of hydrogen-bond acceptors (Lipinski definition) is 4. The maximum absolute atomic E-state index is 12.1. The van der Waals surface area contributed by atoms with Crippen molar-refractivity contribution in [3.8, 4) is 11.5 Å². The molecule has 2 aromatic rings. The number of rotatable bonds is 5. The van der Waals surface area contributed by atoms with Gasteiger partial charge in [-0.3, -0.25) is 0 Å². The molecule has 0 radical (unpaired) electrons. The second kappa shape index (κ2) is 6.81. The maximum atomic E-state index is 12.1. The van der Waals surface area contributed by atoms with Crippen LogP contribution in [0, 0.1) is 0 Å². The Labute approximate surface area is 134 Å². The maximum Gasteiger partial charge on any atom is 0.282 e. The molecule has 22 heavy (non-hydrogen) atoms. The third kappa shape index (κ3) is 3.58. The highest BCUT2D eigenvalue weighted by Gasteiger charge is 2.13. The lowest BCUT2D eigenvalue weighted by Gasteiger charge is -2.09. The predicted octanol–water partition coefficient (Wildman–Crippen LogP) is 3.17. The summed E-state index contributed by atoms with van der Waals surface area (Å²) in [6.07, 6.45) is 1.22. The van der Waals surface area contributed by atoms with Crippen molar-refractivity contribution in [1.82, 2.24) is 0 Å². The van der Waals surface area contributed by atoms with Crippen molar-refractivity contribution in [2.45, 2.75) is 4.90 Å². The highest BCUT2D eigenvalue weighted by molar-refractivity contribution is 7.90. The van der Waals surface area contributed by atoms with Gasteiger partial charge in [-0.05, 0) is 29.8 Å². The van der Waals surface area contributed by atoms with Crippen molar-refractivity contribution in [2.75, 3.05) is 14.2 Å². The van der Waals surface area contributed by atoms with E-state index in [2.05, 4.69) is 4.40 Å². The molecule has 2 rings (SSSR count). The summed E-state index contributed by atoms with van der Waals surface area (Å²) in [4.78, 5) is 0.123. The van der Waals surface area contributed by atoms with E-state index >= 15 is 0 Å². The molecule has 0 bridgehead atoms. The van der Waals surface area contributed by atoms with E-state index in [1.165, 1.54) is 32.6 Å². The lowest BCUT2D eigenvalue weighted by atomic mass is 10.2. The minimum absolute atomic E-state index is 0.123. The number of sulfonamides is 1. The van der Waals surface area contributed by atoms with Gasteiger partial charge in [-0.25, -0.2) is 0 Å². The Balaban J connectivity index is 2.37. The van der Waals surface area contributed by atoms with Gasteiger partial charge >= 0.3 is 0 Å². The topological polar surface area (TPSA) is 65.0 Å². The van der Waals surface area contributed by atoms with Crippen LogP contribution in [0.2, 0.25) is 5.02 Å². The lowest BCUT2D eigenvalue weighted by molar-refractivity contribution is 0.355. The third-order valence-corrected chi connectivity index (χ3v) is 4.37. The minimum atomic E-state index is -3.75. The largest absolute Gasteiger partial charge is 0.493 e. The molecule has 7 heteroatoms. The van der Waals surface area contributed by atoms with Crippen molar-refractivity contribution in [2.24, 2.45) is 4.40 Å².